The number of benzene rings is 2. The lowest BCUT2D eigenvalue weighted by Gasteiger charge is -2.09. The smallest absolute Gasteiger partial charge is 0.278 e. The van der Waals surface area contributed by atoms with E-state index in [-0.39, 0.29) is 30.4 Å². The highest BCUT2D eigenvalue weighted by molar-refractivity contribution is 7.99. The summed E-state index contributed by atoms with van der Waals surface area (Å²) in [4.78, 5) is 30.7. The maximum atomic E-state index is 13.2. The standard InChI is InChI=1S/C22H19FN4O3S/c1-30-15-6-7-17-16(10-15)19-20(21(29)26-8-9-31-22(26)25-19)27(17)12-18(28)24-11-13-2-4-14(23)5-3-13/h2-7,10H,8-9,11-12H2,1H3,(H,24,28). The van der Waals surface area contributed by atoms with Crippen LogP contribution in [0.2, 0.25) is 0 Å². The van der Waals surface area contributed by atoms with Crippen LogP contribution < -0.4 is 15.6 Å². The number of aromatic nitrogens is 3. The molecule has 1 N–H and O–H groups in total. The quantitative estimate of drug-likeness (QED) is 0.485. The first kappa shape index (κ1) is 19.6. The molecule has 0 atom stereocenters. The van der Waals surface area contributed by atoms with E-state index in [4.69, 9.17) is 9.72 Å². The van der Waals surface area contributed by atoms with Crippen LogP contribution in [0.4, 0.5) is 4.39 Å². The van der Waals surface area contributed by atoms with Crippen LogP contribution in [0.1, 0.15) is 5.56 Å². The fourth-order valence-corrected chi connectivity index (χ4v) is 4.79. The van der Waals surface area contributed by atoms with Gasteiger partial charge in [0.15, 0.2) is 5.16 Å². The molecule has 4 aromatic rings. The van der Waals surface area contributed by atoms with E-state index >= 15 is 0 Å². The van der Waals surface area contributed by atoms with Crippen LogP contribution >= 0.6 is 11.8 Å². The summed E-state index contributed by atoms with van der Waals surface area (Å²) in [6.45, 7) is 0.841. The highest BCUT2D eigenvalue weighted by atomic mass is 32.2. The molecule has 31 heavy (non-hydrogen) atoms. The fourth-order valence-electron chi connectivity index (χ4n) is 3.85. The van der Waals surface area contributed by atoms with Crippen molar-refractivity contribution in [1.82, 2.24) is 19.4 Å². The summed E-state index contributed by atoms with van der Waals surface area (Å²) in [6.07, 6.45) is 0. The number of hydrogen-bond acceptors (Lipinski definition) is 5. The van der Waals surface area contributed by atoms with E-state index in [0.717, 1.165) is 22.2 Å². The van der Waals surface area contributed by atoms with Gasteiger partial charge in [0.1, 0.15) is 29.1 Å². The lowest BCUT2D eigenvalue weighted by Crippen LogP contribution is -2.29. The molecule has 5 rings (SSSR count). The summed E-state index contributed by atoms with van der Waals surface area (Å²) in [6, 6.07) is 11.4. The minimum atomic E-state index is -0.325. The summed E-state index contributed by atoms with van der Waals surface area (Å²) in [5.41, 5.74) is 2.37. The Bertz CT molecular complexity index is 1380. The molecular formula is C22H19FN4O3S. The van der Waals surface area contributed by atoms with Crippen molar-refractivity contribution in [3.8, 4) is 5.75 Å². The van der Waals surface area contributed by atoms with Gasteiger partial charge < -0.3 is 14.6 Å². The minimum absolute atomic E-state index is 0.0308. The molecule has 3 heterocycles. The first-order valence-electron chi connectivity index (χ1n) is 9.80. The molecule has 158 valence electrons. The van der Waals surface area contributed by atoms with Crippen molar-refractivity contribution in [2.75, 3.05) is 12.9 Å². The Morgan fingerprint density at radius 1 is 1.26 bits per heavy atom. The molecule has 0 fully saturated rings. The Kier molecular flexibility index (Phi) is 4.90. The number of methoxy groups -OCH3 is 1. The summed E-state index contributed by atoms with van der Waals surface area (Å²) in [5, 5.41) is 4.31. The third-order valence-electron chi connectivity index (χ3n) is 5.38. The van der Waals surface area contributed by atoms with Gasteiger partial charge in [0.05, 0.1) is 12.6 Å². The van der Waals surface area contributed by atoms with Gasteiger partial charge in [0.25, 0.3) is 5.56 Å². The molecule has 1 aliphatic heterocycles. The van der Waals surface area contributed by atoms with Crippen molar-refractivity contribution >= 4 is 39.6 Å². The minimum Gasteiger partial charge on any atom is -0.497 e. The molecule has 1 aliphatic rings. The Morgan fingerprint density at radius 2 is 2.06 bits per heavy atom. The predicted molar refractivity (Wildman–Crippen MR) is 117 cm³/mol. The van der Waals surface area contributed by atoms with Crippen LogP contribution in [-0.2, 0) is 24.4 Å². The molecule has 0 spiro atoms. The van der Waals surface area contributed by atoms with E-state index in [2.05, 4.69) is 5.32 Å². The monoisotopic (exact) mass is 438 g/mol. The number of hydrogen-bond donors (Lipinski definition) is 1. The van der Waals surface area contributed by atoms with Crippen LogP contribution in [0.15, 0.2) is 52.4 Å². The summed E-state index contributed by atoms with van der Waals surface area (Å²) in [5.74, 6) is 0.879. The zero-order chi connectivity index (χ0) is 21.5. The molecular weight excluding hydrogens is 419 g/mol. The number of fused-ring (bicyclic) bond motifs is 4. The number of rotatable bonds is 5. The molecule has 2 aromatic carbocycles. The Morgan fingerprint density at radius 3 is 2.84 bits per heavy atom. The van der Waals surface area contributed by atoms with Crippen LogP contribution in [0.5, 0.6) is 5.75 Å². The lowest BCUT2D eigenvalue weighted by atomic mass is 10.2. The molecule has 2 aromatic heterocycles. The van der Waals surface area contributed by atoms with Gasteiger partial charge >= 0.3 is 0 Å². The maximum absolute atomic E-state index is 13.2. The Hall–Kier alpha value is -3.33. The number of thioether (sulfide) groups is 1. The van der Waals surface area contributed by atoms with Gasteiger partial charge in [0, 0.05) is 24.2 Å². The summed E-state index contributed by atoms with van der Waals surface area (Å²) in [7, 11) is 1.58. The molecule has 0 unspecified atom stereocenters. The van der Waals surface area contributed by atoms with E-state index < -0.39 is 0 Å². The SMILES string of the molecule is COc1ccc2c(c1)c1nc3n(c(=O)c1n2CC(=O)NCc1ccc(F)cc1)CCS3. The molecule has 0 saturated carbocycles. The van der Waals surface area contributed by atoms with Crippen LogP contribution in [0, 0.1) is 5.82 Å². The fraction of sp³-hybridized carbons (Fsp3) is 0.227. The van der Waals surface area contributed by atoms with Crippen molar-refractivity contribution in [3.05, 3.63) is 64.2 Å². The Balaban J connectivity index is 1.55. The van der Waals surface area contributed by atoms with Gasteiger partial charge in [0.2, 0.25) is 5.91 Å². The van der Waals surface area contributed by atoms with Gasteiger partial charge in [-0.2, -0.15) is 0 Å². The molecule has 0 radical (unpaired) electrons. The van der Waals surface area contributed by atoms with Gasteiger partial charge in [-0.1, -0.05) is 23.9 Å². The third kappa shape index (κ3) is 3.44. The summed E-state index contributed by atoms with van der Waals surface area (Å²) < 4.78 is 21.8. The van der Waals surface area contributed by atoms with Gasteiger partial charge in [-0.05, 0) is 35.9 Å². The maximum Gasteiger partial charge on any atom is 0.278 e. The summed E-state index contributed by atoms with van der Waals surface area (Å²) >= 11 is 1.55. The second-order valence-corrected chi connectivity index (χ2v) is 8.33. The van der Waals surface area contributed by atoms with E-state index in [9.17, 15) is 14.0 Å². The molecule has 0 saturated heterocycles. The van der Waals surface area contributed by atoms with E-state index in [1.54, 1.807) is 46.2 Å². The molecule has 7 nitrogen and oxygen atoms in total. The predicted octanol–water partition coefficient (Wildman–Crippen LogP) is 2.92. The van der Waals surface area contributed by atoms with Crippen molar-refractivity contribution in [2.24, 2.45) is 0 Å². The van der Waals surface area contributed by atoms with Crippen LogP contribution in [0.3, 0.4) is 0 Å². The Labute approximate surface area is 180 Å². The van der Waals surface area contributed by atoms with E-state index in [1.807, 2.05) is 12.1 Å². The first-order chi connectivity index (χ1) is 15.0. The average molecular weight is 438 g/mol. The number of halogens is 1. The van der Waals surface area contributed by atoms with Crippen molar-refractivity contribution < 1.29 is 13.9 Å². The number of carbonyl (C=O) groups is 1. The number of nitrogens with one attached hydrogen (secondary N) is 1. The van der Waals surface area contributed by atoms with Crippen molar-refractivity contribution in [3.63, 3.8) is 0 Å². The molecule has 0 aliphatic carbocycles. The zero-order valence-corrected chi connectivity index (χ0v) is 17.5. The highest BCUT2D eigenvalue weighted by Crippen LogP contribution is 2.32. The topological polar surface area (TPSA) is 78.2 Å². The van der Waals surface area contributed by atoms with Crippen LogP contribution in [0.25, 0.3) is 21.9 Å². The van der Waals surface area contributed by atoms with E-state index in [0.29, 0.717) is 28.5 Å². The zero-order valence-electron chi connectivity index (χ0n) is 16.7. The molecule has 0 bridgehead atoms. The van der Waals surface area contributed by atoms with Gasteiger partial charge in [-0.3, -0.25) is 14.2 Å². The van der Waals surface area contributed by atoms with E-state index in [1.165, 1.54) is 12.1 Å². The number of ether oxygens (including phenoxy) is 1. The second kappa shape index (κ2) is 7.73. The third-order valence-corrected chi connectivity index (χ3v) is 6.34. The van der Waals surface area contributed by atoms with Gasteiger partial charge in [-0.25, -0.2) is 9.37 Å². The number of nitrogens with zero attached hydrogens (tertiary/aromatic N) is 3. The average Bonchev–Trinajstić information content (AvgIpc) is 3.37. The van der Waals surface area contributed by atoms with Crippen molar-refractivity contribution in [1.29, 1.82) is 0 Å². The molecule has 9 heteroatoms. The first-order valence-corrected chi connectivity index (χ1v) is 10.8. The largest absolute Gasteiger partial charge is 0.497 e. The highest BCUT2D eigenvalue weighted by Gasteiger charge is 2.23. The van der Waals surface area contributed by atoms with Crippen molar-refractivity contribution in [2.45, 2.75) is 24.8 Å². The number of carbonyl (C=O) groups excluding carboxylic acids is 1. The number of amides is 1. The van der Waals surface area contributed by atoms with Crippen LogP contribution in [-0.4, -0.2) is 32.9 Å². The molecule has 1 amide bonds. The lowest BCUT2D eigenvalue weighted by molar-refractivity contribution is -0.121. The second-order valence-electron chi connectivity index (χ2n) is 7.27. The van der Waals surface area contributed by atoms with Gasteiger partial charge in [-0.15, -0.1) is 0 Å². The normalized spacial score (nSPS) is 13.0.